The van der Waals surface area contributed by atoms with Crippen LogP contribution in [0.15, 0.2) is 23.1 Å². The first-order valence-electron chi connectivity index (χ1n) is 7.98. The van der Waals surface area contributed by atoms with E-state index in [4.69, 9.17) is 16.3 Å². The van der Waals surface area contributed by atoms with E-state index in [0.29, 0.717) is 12.2 Å². The predicted octanol–water partition coefficient (Wildman–Crippen LogP) is 1.81. The summed E-state index contributed by atoms with van der Waals surface area (Å²) in [5.41, 5.74) is 0.101. The van der Waals surface area contributed by atoms with Gasteiger partial charge in [0.2, 0.25) is 10.0 Å². The summed E-state index contributed by atoms with van der Waals surface area (Å²) in [5.74, 6) is -0.461. The second-order valence-electron chi connectivity index (χ2n) is 5.87. The highest BCUT2D eigenvalue weighted by Crippen LogP contribution is 2.27. The molecule has 0 aliphatic heterocycles. The average molecular weight is 421 g/mol. The molecule has 1 aliphatic carbocycles. The first-order chi connectivity index (χ1) is 12.3. The van der Waals surface area contributed by atoms with Gasteiger partial charge in [0.15, 0.2) is 0 Å². The molecule has 1 aromatic rings. The van der Waals surface area contributed by atoms with E-state index in [1.54, 1.807) is 0 Å². The summed E-state index contributed by atoms with van der Waals surface area (Å²) in [6.07, 6.45) is 3.86. The molecule has 0 radical (unpaired) electrons. The van der Waals surface area contributed by atoms with E-state index in [2.05, 4.69) is 10.0 Å². The molecular weight excluding hydrogens is 400 g/mol. The lowest BCUT2D eigenvalue weighted by atomic mass is 10.1. The SMILES string of the molecule is COC(=O)[C@@H](CCSC)NC(=O)c1ccc(Cl)c(S(=O)(=O)NC2CC2)c1. The van der Waals surface area contributed by atoms with E-state index >= 15 is 0 Å². The van der Waals surface area contributed by atoms with Crippen molar-refractivity contribution in [3.63, 3.8) is 0 Å². The normalized spacial score (nSPS) is 15.3. The summed E-state index contributed by atoms with van der Waals surface area (Å²) in [6, 6.07) is 3.10. The summed E-state index contributed by atoms with van der Waals surface area (Å²) >= 11 is 7.54. The van der Waals surface area contributed by atoms with E-state index in [1.807, 2.05) is 6.26 Å². The van der Waals surface area contributed by atoms with E-state index in [1.165, 1.54) is 37.1 Å². The highest BCUT2D eigenvalue weighted by molar-refractivity contribution is 7.98. The fourth-order valence-corrected chi connectivity index (χ4v) is 4.51. The topological polar surface area (TPSA) is 102 Å². The lowest BCUT2D eigenvalue weighted by molar-refractivity contribution is -0.142. The number of halogens is 1. The van der Waals surface area contributed by atoms with Crippen molar-refractivity contribution in [2.45, 2.75) is 36.2 Å². The first kappa shape index (κ1) is 21.0. The Morgan fingerprint density at radius 2 is 2.08 bits per heavy atom. The molecular formula is C16H21ClN2O5S2. The lowest BCUT2D eigenvalue weighted by Gasteiger charge is -2.16. The van der Waals surface area contributed by atoms with Gasteiger partial charge in [-0.1, -0.05) is 11.6 Å². The summed E-state index contributed by atoms with van der Waals surface area (Å²) in [4.78, 5) is 24.1. The Labute approximate surface area is 162 Å². The van der Waals surface area contributed by atoms with Crippen LogP contribution in [0.4, 0.5) is 0 Å². The molecule has 0 saturated heterocycles. The molecule has 1 fully saturated rings. The number of nitrogens with one attached hydrogen (secondary N) is 2. The number of amides is 1. The van der Waals surface area contributed by atoms with Crippen molar-refractivity contribution in [2.24, 2.45) is 0 Å². The number of rotatable bonds is 9. The smallest absolute Gasteiger partial charge is 0.328 e. The fourth-order valence-electron chi connectivity index (χ4n) is 2.20. The number of hydrogen-bond acceptors (Lipinski definition) is 6. The maximum atomic E-state index is 12.5. The zero-order valence-corrected chi connectivity index (χ0v) is 16.8. The number of methoxy groups -OCH3 is 1. The highest BCUT2D eigenvalue weighted by atomic mass is 35.5. The Kier molecular flexibility index (Phi) is 7.33. The number of carbonyl (C=O) groups excluding carboxylic acids is 2. The zero-order chi connectivity index (χ0) is 19.3. The van der Waals surface area contributed by atoms with Crippen molar-refractivity contribution in [1.82, 2.24) is 10.0 Å². The molecule has 1 atom stereocenters. The van der Waals surface area contributed by atoms with Gasteiger partial charge in [0, 0.05) is 11.6 Å². The number of esters is 1. The van der Waals surface area contributed by atoms with Crippen LogP contribution < -0.4 is 10.0 Å². The van der Waals surface area contributed by atoms with Crippen LogP contribution in [0, 0.1) is 0 Å². The lowest BCUT2D eigenvalue weighted by Crippen LogP contribution is -2.42. The third kappa shape index (κ3) is 5.60. The van der Waals surface area contributed by atoms with Crippen molar-refractivity contribution in [1.29, 1.82) is 0 Å². The van der Waals surface area contributed by atoms with Crippen LogP contribution in [0.3, 0.4) is 0 Å². The first-order valence-corrected chi connectivity index (χ1v) is 11.2. The highest BCUT2D eigenvalue weighted by Gasteiger charge is 2.30. The van der Waals surface area contributed by atoms with Gasteiger partial charge in [-0.25, -0.2) is 17.9 Å². The number of thioether (sulfide) groups is 1. The summed E-state index contributed by atoms with van der Waals surface area (Å²) in [5, 5.41) is 2.61. The van der Waals surface area contributed by atoms with Gasteiger partial charge in [0.05, 0.1) is 12.1 Å². The van der Waals surface area contributed by atoms with Crippen LogP contribution in [-0.2, 0) is 19.6 Å². The third-order valence-electron chi connectivity index (χ3n) is 3.78. The van der Waals surface area contributed by atoms with Crippen molar-refractivity contribution in [3.8, 4) is 0 Å². The van der Waals surface area contributed by atoms with Gasteiger partial charge in [-0.15, -0.1) is 0 Å². The molecule has 10 heteroatoms. The zero-order valence-electron chi connectivity index (χ0n) is 14.5. The Morgan fingerprint density at radius 1 is 1.38 bits per heavy atom. The second kappa shape index (κ2) is 9.07. The standard InChI is InChI=1S/C16H21ClN2O5S2/c1-24-16(21)13(7-8-25-2)18-15(20)10-3-6-12(17)14(9-10)26(22,23)19-11-4-5-11/h3,6,9,11,13,19H,4-5,7-8H2,1-2H3,(H,18,20)/t13-/m1/s1. The maximum Gasteiger partial charge on any atom is 0.328 e. The fraction of sp³-hybridized carbons (Fsp3) is 0.500. The molecule has 2 rings (SSSR count). The summed E-state index contributed by atoms with van der Waals surface area (Å²) < 4.78 is 32.0. The molecule has 144 valence electrons. The molecule has 2 N–H and O–H groups in total. The molecule has 0 unspecified atom stereocenters. The van der Waals surface area contributed by atoms with Gasteiger partial charge in [-0.2, -0.15) is 11.8 Å². The molecule has 0 aromatic heterocycles. The molecule has 0 bridgehead atoms. The molecule has 0 spiro atoms. The summed E-state index contributed by atoms with van der Waals surface area (Å²) in [7, 11) is -2.56. The third-order valence-corrected chi connectivity index (χ3v) is 6.43. The number of hydrogen-bond donors (Lipinski definition) is 2. The van der Waals surface area contributed by atoms with E-state index < -0.39 is 27.9 Å². The minimum atomic E-state index is -3.80. The van der Waals surface area contributed by atoms with Gasteiger partial charge < -0.3 is 10.1 Å². The van der Waals surface area contributed by atoms with Crippen molar-refractivity contribution in [2.75, 3.05) is 19.1 Å². The largest absolute Gasteiger partial charge is 0.467 e. The van der Waals surface area contributed by atoms with Gasteiger partial charge >= 0.3 is 5.97 Å². The predicted molar refractivity (Wildman–Crippen MR) is 101 cm³/mol. The van der Waals surface area contributed by atoms with Crippen LogP contribution in [0.1, 0.15) is 29.6 Å². The Balaban J connectivity index is 2.20. The van der Waals surface area contributed by atoms with Crippen molar-refractivity contribution >= 4 is 45.3 Å². The minimum Gasteiger partial charge on any atom is -0.467 e. The van der Waals surface area contributed by atoms with Gasteiger partial charge in [-0.3, -0.25) is 4.79 Å². The van der Waals surface area contributed by atoms with Crippen LogP contribution in [0.5, 0.6) is 0 Å². The second-order valence-corrected chi connectivity index (χ2v) is 8.95. The number of benzene rings is 1. The van der Waals surface area contributed by atoms with Crippen LogP contribution in [-0.4, -0.2) is 51.5 Å². The van der Waals surface area contributed by atoms with Crippen LogP contribution in [0.2, 0.25) is 5.02 Å². The molecule has 1 aliphatic rings. The Bertz CT molecular complexity index is 781. The number of sulfonamides is 1. The Hall–Kier alpha value is -1.29. The molecule has 26 heavy (non-hydrogen) atoms. The molecule has 0 heterocycles. The molecule has 1 amide bonds. The van der Waals surface area contributed by atoms with Crippen molar-refractivity contribution in [3.05, 3.63) is 28.8 Å². The molecule has 7 nitrogen and oxygen atoms in total. The molecule has 1 saturated carbocycles. The minimum absolute atomic E-state index is 0.0293. The van der Waals surface area contributed by atoms with Crippen LogP contribution in [0.25, 0.3) is 0 Å². The van der Waals surface area contributed by atoms with E-state index in [-0.39, 0.29) is 21.5 Å². The maximum absolute atomic E-state index is 12.5. The van der Waals surface area contributed by atoms with Gasteiger partial charge in [0.25, 0.3) is 5.91 Å². The number of carbonyl (C=O) groups is 2. The van der Waals surface area contributed by atoms with E-state index in [9.17, 15) is 18.0 Å². The summed E-state index contributed by atoms with van der Waals surface area (Å²) in [6.45, 7) is 0. The van der Waals surface area contributed by atoms with Gasteiger partial charge in [-0.05, 0) is 49.5 Å². The monoisotopic (exact) mass is 420 g/mol. The average Bonchev–Trinajstić information content (AvgIpc) is 3.41. The van der Waals surface area contributed by atoms with Crippen LogP contribution >= 0.6 is 23.4 Å². The molecule has 1 aromatic carbocycles. The number of ether oxygens (including phenoxy) is 1. The van der Waals surface area contributed by atoms with Crippen molar-refractivity contribution < 1.29 is 22.7 Å². The van der Waals surface area contributed by atoms with Gasteiger partial charge in [0.1, 0.15) is 10.9 Å². The van der Waals surface area contributed by atoms with E-state index in [0.717, 1.165) is 12.8 Å². The Morgan fingerprint density at radius 3 is 2.65 bits per heavy atom. The quantitative estimate of drug-likeness (QED) is 0.591.